The molecule has 5 heteroatoms. The molecule has 2 atom stereocenters. The van der Waals surface area contributed by atoms with Crippen LogP contribution in [0.5, 0.6) is 0 Å². The van der Waals surface area contributed by atoms with E-state index in [2.05, 4.69) is 31.0 Å². The second-order valence-corrected chi connectivity index (χ2v) is 7.16. The minimum absolute atomic E-state index is 0.0700. The summed E-state index contributed by atoms with van der Waals surface area (Å²) in [4.78, 5) is 17.7. The van der Waals surface area contributed by atoms with Gasteiger partial charge in [-0.3, -0.25) is 4.79 Å². The van der Waals surface area contributed by atoms with Gasteiger partial charge >= 0.3 is 0 Å². The zero-order chi connectivity index (χ0) is 17.4. The van der Waals surface area contributed by atoms with E-state index in [1.165, 1.54) is 12.0 Å². The number of morpholine rings is 1. The van der Waals surface area contributed by atoms with Gasteiger partial charge in [0.25, 0.3) is 5.91 Å². The van der Waals surface area contributed by atoms with Crippen molar-refractivity contribution in [3.8, 4) is 0 Å². The summed E-state index contributed by atoms with van der Waals surface area (Å²) < 4.78 is 11.4. The normalized spacial score (nSPS) is 25.0. The Morgan fingerprint density at radius 2 is 2.16 bits per heavy atom. The lowest BCUT2D eigenvalue weighted by molar-refractivity contribution is -0.0232. The second-order valence-electron chi connectivity index (χ2n) is 7.16. The lowest BCUT2D eigenvalue weighted by Gasteiger charge is -2.41. The largest absolute Gasteiger partial charge is 0.463 e. The predicted molar refractivity (Wildman–Crippen MR) is 96.9 cm³/mol. The number of likely N-dealkylation sites (N-methyl/N-ethyl adjacent to an activating group) is 1. The summed E-state index contributed by atoms with van der Waals surface area (Å²) in [5.41, 5.74) is 2.68. The standard InChI is InChI=1S/C20H26N2O3/c1-3-14-6-7-19-15(11-14)16(12-25-19)20(23)22-9-10-24-13-18(22)17-5-4-8-21(17)2/h6-7,11-12,17-18H,3-5,8-10,13H2,1-2H3/t17-,18-/m0/s1. The van der Waals surface area contributed by atoms with E-state index in [1.807, 2.05) is 11.0 Å². The minimum atomic E-state index is 0.0700. The van der Waals surface area contributed by atoms with Crippen LogP contribution >= 0.6 is 0 Å². The molecule has 2 fully saturated rings. The lowest BCUT2D eigenvalue weighted by Crippen LogP contribution is -2.56. The highest BCUT2D eigenvalue weighted by Crippen LogP contribution is 2.28. The van der Waals surface area contributed by atoms with Gasteiger partial charge in [-0.2, -0.15) is 0 Å². The first-order chi connectivity index (χ1) is 12.2. The first-order valence-corrected chi connectivity index (χ1v) is 9.28. The second kappa shape index (κ2) is 6.81. The van der Waals surface area contributed by atoms with E-state index in [0.717, 1.165) is 30.4 Å². The lowest BCUT2D eigenvalue weighted by atomic mass is 10.0. The van der Waals surface area contributed by atoms with Crippen molar-refractivity contribution < 1.29 is 13.9 Å². The van der Waals surface area contributed by atoms with Crippen LogP contribution in [0.4, 0.5) is 0 Å². The molecular weight excluding hydrogens is 316 g/mol. The molecule has 0 unspecified atom stereocenters. The molecule has 134 valence electrons. The van der Waals surface area contributed by atoms with Crippen molar-refractivity contribution in [2.75, 3.05) is 33.4 Å². The van der Waals surface area contributed by atoms with Gasteiger partial charge in [-0.1, -0.05) is 13.0 Å². The molecule has 3 heterocycles. The number of fused-ring (bicyclic) bond motifs is 1. The fourth-order valence-electron chi connectivity index (χ4n) is 4.23. The minimum Gasteiger partial charge on any atom is -0.463 e. The van der Waals surface area contributed by atoms with Gasteiger partial charge < -0.3 is 19.0 Å². The van der Waals surface area contributed by atoms with Crippen molar-refractivity contribution in [1.29, 1.82) is 0 Å². The highest BCUT2D eigenvalue weighted by molar-refractivity contribution is 6.06. The molecule has 2 aromatic rings. The predicted octanol–water partition coefficient (Wildman–Crippen LogP) is 2.93. The number of benzene rings is 1. The maximum atomic E-state index is 13.3. The third-order valence-corrected chi connectivity index (χ3v) is 5.72. The van der Waals surface area contributed by atoms with Crippen molar-refractivity contribution in [1.82, 2.24) is 9.80 Å². The van der Waals surface area contributed by atoms with E-state index in [1.54, 1.807) is 6.26 Å². The maximum Gasteiger partial charge on any atom is 0.258 e. The summed E-state index contributed by atoms with van der Waals surface area (Å²) in [5.74, 6) is 0.0700. The van der Waals surface area contributed by atoms with Crippen molar-refractivity contribution in [2.24, 2.45) is 0 Å². The number of aryl methyl sites for hydroxylation is 1. The van der Waals surface area contributed by atoms with Crippen LogP contribution in [0, 0.1) is 0 Å². The van der Waals surface area contributed by atoms with Crippen molar-refractivity contribution in [3.05, 3.63) is 35.6 Å². The first-order valence-electron chi connectivity index (χ1n) is 9.28. The molecule has 0 saturated carbocycles. The zero-order valence-corrected chi connectivity index (χ0v) is 15.0. The molecule has 2 aliphatic heterocycles. The van der Waals surface area contributed by atoms with Gasteiger partial charge in [0, 0.05) is 18.0 Å². The van der Waals surface area contributed by atoms with E-state index in [0.29, 0.717) is 31.4 Å². The van der Waals surface area contributed by atoms with E-state index < -0.39 is 0 Å². The van der Waals surface area contributed by atoms with Gasteiger partial charge in [-0.15, -0.1) is 0 Å². The summed E-state index contributed by atoms with van der Waals surface area (Å²) in [6.45, 7) is 5.09. The molecular formula is C20H26N2O3. The molecule has 0 spiro atoms. The number of carbonyl (C=O) groups is 1. The molecule has 1 aromatic carbocycles. The van der Waals surface area contributed by atoms with Gasteiger partial charge in [-0.05, 0) is 50.6 Å². The Bertz CT molecular complexity index is 769. The third-order valence-electron chi connectivity index (χ3n) is 5.72. The Labute approximate surface area is 148 Å². The van der Waals surface area contributed by atoms with Crippen molar-refractivity contribution in [2.45, 2.75) is 38.3 Å². The van der Waals surface area contributed by atoms with Gasteiger partial charge in [-0.25, -0.2) is 0 Å². The summed E-state index contributed by atoms with van der Waals surface area (Å²) in [5, 5.41) is 0.925. The van der Waals surface area contributed by atoms with Crippen molar-refractivity contribution in [3.63, 3.8) is 0 Å². The molecule has 0 radical (unpaired) electrons. The number of amides is 1. The fraction of sp³-hybridized carbons (Fsp3) is 0.550. The maximum absolute atomic E-state index is 13.3. The van der Waals surface area contributed by atoms with Crippen LogP contribution in [-0.2, 0) is 11.2 Å². The summed E-state index contributed by atoms with van der Waals surface area (Å²) in [6, 6.07) is 6.61. The van der Waals surface area contributed by atoms with E-state index >= 15 is 0 Å². The van der Waals surface area contributed by atoms with E-state index in [-0.39, 0.29) is 11.9 Å². The number of rotatable bonds is 3. The van der Waals surface area contributed by atoms with Gasteiger partial charge in [0.2, 0.25) is 0 Å². The number of hydrogen-bond acceptors (Lipinski definition) is 4. The first kappa shape index (κ1) is 16.6. The molecule has 1 amide bonds. The highest BCUT2D eigenvalue weighted by atomic mass is 16.5. The number of carbonyl (C=O) groups excluding carboxylic acids is 1. The average molecular weight is 342 g/mol. The Hall–Kier alpha value is -1.85. The zero-order valence-electron chi connectivity index (χ0n) is 15.0. The number of ether oxygens (including phenoxy) is 1. The summed E-state index contributed by atoms with van der Waals surface area (Å²) in [7, 11) is 2.15. The molecule has 0 bridgehead atoms. The van der Waals surface area contributed by atoms with Crippen LogP contribution < -0.4 is 0 Å². The van der Waals surface area contributed by atoms with Crippen LogP contribution in [0.3, 0.4) is 0 Å². The van der Waals surface area contributed by atoms with Crippen LogP contribution in [0.15, 0.2) is 28.9 Å². The Kier molecular flexibility index (Phi) is 4.52. The van der Waals surface area contributed by atoms with Crippen LogP contribution in [0.1, 0.15) is 35.7 Å². The molecule has 4 rings (SSSR count). The molecule has 1 aromatic heterocycles. The third kappa shape index (κ3) is 2.96. The quantitative estimate of drug-likeness (QED) is 0.860. The SMILES string of the molecule is CCc1ccc2occ(C(=O)N3CCOC[C@H]3[C@@H]3CCCN3C)c2c1. The summed E-state index contributed by atoms with van der Waals surface area (Å²) >= 11 is 0. The summed E-state index contributed by atoms with van der Waals surface area (Å²) in [6.07, 6.45) is 4.88. The Morgan fingerprint density at radius 3 is 2.92 bits per heavy atom. The molecule has 0 N–H and O–H groups in total. The smallest absolute Gasteiger partial charge is 0.258 e. The average Bonchev–Trinajstić information content (AvgIpc) is 3.26. The Balaban J connectivity index is 1.66. The van der Waals surface area contributed by atoms with Crippen LogP contribution in [0.2, 0.25) is 0 Å². The molecule has 2 aliphatic rings. The molecule has 5 nitrogen and oxygen atoms in total. The molecule has 2 saturated heterocycles. The number of nitrogens with zero attached hydrogens (tertiary/aromatic N) is 2. The number of hydrogen-bond donors (Lipinski definition) is 0. The Morgan fingerprint density at radius 1 is 1.28 bits per heavy atom. The fourth-order valence-corrected chi connectivity index (χ4v) is 4.23. The molecule has 25 heavy (non-hydrogen) atoms. The van der Waals surface area contributed by atoms with Crippen LogP contribution in [0.25, 0.3) is 11.0 Å². The van der Waals surface area contributed by atoms with Gasteiger partial charge in [0.05, 0.1) is 24.8 Å². The number of likely N-dealkylation sites (tertiary alicyclic amines) is 1. The topological polar surface area (TPSA) is 45.9 Å². The number of furan rings is 1. The van der Waals surface area contributed by atoms with Crippen LogP contribution in [-0.4, -0.2) is 61.1 Å². The van der Waals surface area contributed by atoms with Gasteiger partial charge in [0.1, 0.15) is 11.8 Å². The van der Waals surface area contributed by atoms with E-state index in [4.69, 9.17) is 9.15 Å². The molecule has 0 aliphatic carbocycles. The van der Waals surface area contributed by atoms with E-state index in [9.17, 15) is 4.79 Å². The van der Waals surface area contributed by atoms with Gasteiger partial charge in [0.15, 0.2) is 0 Å². The monoisotopic (exact) mass is 342 g/mol. The van der Waals surface area contributed by atoms with Crippen molar-refractivity contribution >= 4 is 16.9 Å². The highest BCUT2D eigenvalue weighted by Gasteiger charge is 2.38.